The molecule has 4 nitrogen and oxygen atoms in total. The molecule has 22 heavy (non-hydrogen) atoms. The number of rotatable bonds is 6. The SMILES string of the molecule is CCCCOc1c(N)cc(C#N)n1Cc1ccc(Cl)cc1Cl. The molecule has 116 valence electrons. The van der Waals surface area contributed by atoms with Crippen molar-refractivity contribution in [1.29, 1.82) is 5.26 Å². The Morgan fingerprint density at radius 3 is 2.73 bits per heavy atom. The van der Waals surface area contributed by atoms with Gasteiger partial charge in [0, 0.05) is 16.1 Å². The second-order valence-corrected chi connectivity index (χ2v) is 5.77. The number of hydrogen-bond donors (Lipinski definition) is 1. The minimum absolute atomic E-state index is 0.400. The fourth-order valence-electron chi connectivity index (χ4n) is 2.10. The smallest absolute Gasteiger partial charge is 0.218 e. The molecule has 0 radical (unpaired) electrons. The summed E-state index contributed by atoms with van der Waals surface area (Å²) in [5.41, 5.74) is 7.71. The molecule has 0 aliphatic heterocycles. The monoisotopic (exact) mass is 337 g/mol. The van der Waals surface area contributed by atoms with Gasteiger partial charge in [0.25, 0.3) is 0 Å². The Bertz CT molecular complexity index is 704. The number of anilines is 1. The Morgan fingerprint density at radius 1 is 1.32 bits per heavy atom. The van der Waals surface area contributed by atoms with Gasteiger partial charge in [-0.25, -0.2) is 0 Å². The van der Waals surface area contributed by atoms with Gasteiger partial charge in [-0.05, 0) is 24.1 Å². The number of nitrogen functional groups attached to an aromatic ring is 1. The third kappa shape index (κ3) is 3.68. The molecule has 0 spiro atoms. The topological polar surface area (TPSA) is 64.0 Å². The van der Waals surface area contributed by atoms with Crippen LogP contribution in [0.25, 0.3) is 0 Å². The van der Waals surface area contributed by atoms with Crippen LogP contribution in [0.2, 0.25) is 10.0 Å². The summed E-state index contributed by atoms with van der Waals surface area (Å²) in [6.45, 7) is 3.04. The largest absolute Gasteiger partial charge is 0.477 e. The average molecular weight is 338 g/mol. The molecule has 0 saturated heterocycles. The number of halogens is 2. The highest BCUT2D eigenvalue weighted by Crippen LogP contribution is 2.30. The molecule has 1 aromatic carbocycles. The quantitative estimate of drug-likeness (QED) is 0.790. The van der Waals surface area contributed by atoms with E-state index in [0.717, 1.165) is 18.4 Å². The molecule has 0 saturated carbocycles. The molecule has 0 amide bonds. The number of ether oxygens (including phenoxy) is 1. The molecule has 6 heteroatoms. The number of benzene rings is 1. The fourth-order valence-corrected chi connectivity index (χ4v) is 2.56. The molecule has 0 aliphatic rings. The van der Waals surface area contributed by atoms with Crippen molar-refractivity contribution in [3.8, 4) is 11.9 Å². The second kappa shape index (κ2) is 7.44. The first-order chi connectivity index (χ1) is 10.6. The maximum Gasteiger partial charge on any atom is 0.218 e. The van der Waals surface area contributed by atoms with E-state index >= 15 is 0 Å². The zero-order chi connectivity index (χ0) is 16.1. The molecule has 0 atom stereocenters. The number of nitrogens with two attached hydrogens (primary N) is 1. The van der Waals surface area contributed by atoms with Gasteiger partial charge in [0.15, 0.2) is 0 Å². The van der Waals surface area contributed by atoms with Gasteiger partial charge < -0.3 is 10.5 Å². The summed E-state index contributed by atoms with van der Waals surface area (Å²) in [6, 6.07) is 9.02. The lowest BCUT2D eigenvalue weighted by Gasteiger charge is -2.13. The summed E-state index contributed by atoms with van der Waals surface area (Å²) in [6.07, 6.45) is 1.95. The fraction of sp³-hybridized carbons (Fsp3) is 0.312. The summed E-state index contributed by atoms with van der Waals surface area (Å²) >= 11 is 12.1. The Labute approximate surface area is 140 Å². The van der Waals surface area contributed by atoms with E-state index in [-0.39, 0.29) is 0 Å². The zero-order valence-electron chi connectivity index (χ0n) is 12.3. The average Bonchev–Trinajstić information content (AvgIpc) is 2.78. The van der Waals surface area contributed by atoms with Crippen LogP contribution < -0.4 is 10.5 Å². The first-order valence-corrected chi connectivity index (χ1v) is 7.78. The molecule has 2 rings (SSSR count). The Kier molecular flexibility index (Phi) is 5.59. The predicted molar refractivity (Wildman–Crippen MR) is 89.5 cm³/mol. The van der Waals surface area contributed by atoms with Crippen LogP contribution in [0.3, 0.4) is 0 Å². The third-order valence-electron chi connectivity index (χ3n) is 3.27. The van der Waals surface area contributed by atoms with Crippen LogP contribution in [0.5, 0.6) is 5.88 Å². The molecule has 1 aromatic heterocycles. The van der Waals surface area contributed by atoms with Crippen molar-refractivity contribution in [1.82, 2.24) is 4.57 Å². The molecule has 2 aromatic rings. The van der Waals surface area contributed by atoms with E-state index < -0.39 is 0 Å². The number of nitriles is 1. The molecule has 1 heterocycles. The lowest BCUT2D eigenvalue weighted by molar-refractivity contribution is 0.287. The van der Waals surface area contributed by atoms with Crippen molar-refractivity contribution in [2.45, 2.75) is 26.3 Å². The van der Waals surface area contributed by atoms with Crippen molar-refractivity contribution in [3.05, 3.63) is 45.6 Å². The van der Waals surface area contributed by atoms with E-state index in [4.69, 9.17) is 33.7 Å². The minimum Gasteiger partial charge on any atom is -0.477 e. The molecule has 0 bridgehead atoms. The van der Waals surface area contributed by atoms with Crippen LogP contribution in [0.1, 0.15) is 31.0 Å². The minimum atomic E-state index is 0.400. The van der Waals surface area contributed by atoms with E-state index in [0.29, 0.717) is 40.5 Å². The van der Waals surface area contributed by atoms with Gasteiger partial charge in [-0.1, -0.05) is 42.6 Å². The van der Waals surface area contributed by atoms with Crippen LogP contribution in [0.15, 0.2) is 24.3 Å². The van der Waals surface area contributed by atoms with Crippen molar-refractivity contribution < 1.29 is 4.74 Å². The Morgan fingerprint density at radius 2 is 2.09 bits per heavy atom. The molecule has 0 fully saturated rings. The number of hydrogen-bond acceptors (Lipinski definition) is 3. The van der Waals surface area contributed by atoms with Crippen LogP contribution in [0, 0.1) is 11.3 Å². The normalized spacial score (nSPS) is 10.5. The highest BCUT2D eigenvalue weighted by molar-refractivity contribution is 6.35. The van der Waals surface area contributed by atoms with Crippen molar-refractivity contribution in [2.24, 2.45) is 0 Å². The Hall–Kier alpha value is -1.83. The van der Waals surface area contributed by atoms with E-state index in [2.05, 4.69) is 13.0 Å². The number of unbranched alkanes of at least 4 members (excludes halogenated alkanes) is 1. The van der Waals surface area contributed by atoms with Gasteiger partial charge in [0.1, 0.15) is 11.8 Å². The summed E-state index contributed by atoms with van der Waals surface area (Å²) < 4.78 is 7.48. The molecule has 0 aliphatic carbocycles. The third-order valence-corrected chi connectivity index (χ3v) is 3.86. The first kappa shape index (κ1) is 16.5. The zero-order valence-corrected chi connectivity index (χ0v) is 13.8. The van der Waals surface area contributed by atoms with E-state index in [1.165, 1.54) is 0 Å². The first-order valence-electron chi connectivity index (χ1n) is 7.02. The van der Waals surface area contributed by atoms with Gasteiger partial charge in [0.2, 0.25) is 5.88 Å². The van der Waals surface area contributed by atoms with E-state index in [1.807, 2.05) is 6.07 Å². The molecule has 0 unspecified atom stereocenters. The van der Waals surface area contributed by atoms with Gasteiger partial charge in [0.05, 0.1) is 18.8 Å². The lowest BCUT2D eigenvalue weighted by atomic mass is 10.2. The van der Waals surface area contributed by atoms with Gasteiger partial charge in [-0.15, -0.1) is 0 Å². The van der Waals surface area contributed by atoms with Gasteiger partial charge in [-0.2, -0.15) is 5.26 Å². The highest BCUT2D eigenvalue weighted by atomic mass is 35.5. The van der Waals surface area contributed by atoms with E-state index in [1.54, 1.807) is 22.8 Å². The van der Waals surface area contributed by atoms with Crippen molar-refractivity contribution in [2.75, 3.05) is 12.3 Å². The van der Waals surface area contributed by atoms with Crippen LogP contribution in [-0.4, -0.2) is 11.2 Å². The van der Waals surface area contributed by atoms with Gasteiger partial charge >= 0.3 is 0 Å². The standard InChI is InChI=1S/C16H17Cl2N3O/c1-2-3-6-22-16-15(20)8-13(9-19)21(16)10-11-4-5-12(17)7-14(11)18/h4-5,7-8H,2-3,6,10,20H2,1H3. The van der Waals surface area contributed by atoms with Crippen LogP contribution >= 0.6 is 23.2 Å². The highest BCUT2D eigenvalue weighted by Gasteiger charge is 2.16. The maximum atomic E-state index is 9.28. The van der Waals surface area contributed by atoms with E-state index in [9.17, 15) is 5.26 Å². The van der Waals surface area contributed by atoms with Crippen molar-refractivity contribution >= 4 is 28.9 Å². The summed E-state index contributed by atoms with van der Waals surface area (Å²) in [5.74, 6) is 0.510. The molecular formula is C16H17Cl2N3O. The van der Waals surface area contributed by atoms with Crippen LogP contribution in [0.4, 0.5) is 5.69 Å². The number of nitrogens with zero attached hydrogens (tertiary/aromatic N) is 2. The second-order valence-electron chi connectivity index (χ2n) is 4.93. The van der Waals surface area contributed by atoms with Gasteiger partial charge in [-0.3, -0.25) is 4.57 Å². The lowest BCUT2D eigenvalue weighted by Crippen LogP contribution is -2.08. The Balaban J connectivity index is 2.34. The number of aromatic nitrogens is 1. The summed E-state index contributed by atoms with van der Waals surface area (Å²) in [4.78, 5) is 0. The van der Waals surface area contributed by atoms with Crippen molar-refractivity contribution in [3.63, 3.8) is 0 Å². The molecular weight excluding hydrogens is 321 g/mol. The predicted octanol–water partition coefficient (Wildman–Crippen LogP) is 4.48. The molecule has 2 N–H and O–H groups in total. The summed E-state index contributed by atoms with van der Waals surface area (Å²) in [7, 11) is 0. The van der Waals surface area contributed by atoms with Crippen LogP contribution in [-0.2, 0) is 6.54 Å². The maximum absolute atomic E-state index is 9.28. The summed E-state index contributed by atoms with van der Waals surface area (Å²) in [5, 5.41) is 10.4.